The van der Waals surface area contributed by atoms with Crippen LogP contribution in [-0.4, -0.2) is 71.2 Å². The highest BCUT2D eigenvalue weighted by Crippen LogP contribution is 2.65. The van der Waals surface area contributed by atoms with Crippen LogP contribution in [0, 0.1) is 22.7 Å². The van der Waals surface area contributed by atoms with Crippen molar-refractivity contribution in [2.45, 2.75) is 65.6 Å². The topological polar surface area (TPSA) is 139 Å². The summed E-state index contributed by atoms with van der Waals surface area (Å²) in [6.45, 7) is 10.9. The molecule has 9 heteroatoms. The maximum absolute atomic E-state index is 13.3. The number of piperidine rings is 1. The van der Waals surface area contributed by atoms with E-state index in [1.54, 1.807) is 9.80 Å². The summed E-state index contributed by atoms with van der Waals surface area (Å²) in [6, 6.07) is -2.42. The minimum absolute atomic E-state index is 0.00978. The van der Waals surface area contributed by atoms with E-state index >= 15 is 0 Å². The summed E-state index contributed by atoms with van der Waals surface area (Å²) in [5.74, 6) is -1.18. The normalized spacial score (nSPS) is 29.4. The van der Waals surface area contributed by atoms with Crippen LogP contribution < -0.4 is 16.8 Å². The van der Waals surface area contributed by atoms with Crippen LogP contribution in [0.1, 0.15) is 47.5 Å². The number of nitrogens with two attached hydrogens (primary N) is 2. The number of carbonyl (C=O) groups excluding carboxylic acids is 4. The highest BCUT2D eigenvalue weighted by molar-refractivity contribution is 5.94. The lowest BCUT2D eigenvalue weighted by Gasteiger charge is -2.36. The summed E-state index contributed by atoms with van der Waals surface area (Å²) in [5, 5.41) is 2.72. The zero-order chi connectivity index (χ0) is 22.6. The largest absolute Gasteiger partial charge is 0.368 e. The SMILES string of the molecule is CC(C)(C)C(N)C(=O)N1C[C@H]2[C@@H]([C@H]1C(=O)NC(CN1CCCC1=O)C(N)=O)C2(C)C. The molecule has 0 aromatic carbocycles. The Kier molecular flexibility index (Phi) is 5.64. The minimum atomic E-state index is -0.992. The molecule has 2 unspecified atom stereocenters. The highest BCUT2D eigenvalue weighted by Gasteiger charge is 2.69. The van der Waals surface area contributed by atoms with Gasteiger partial charge in [-0.05, 0) is 29.1 Å². The molecule has 0 aromatic rings. The molecule has 3 fully saturated rings. The lowest BCUT2D eigenvalue weighted by molar-refractivity contribution is -0.143. The highest BCUT2D eigenvalue weighted by atomic mass is 16.2. The van der Waals surface area contributed by atoms with Crippen LogP contribution >= 0.6 is 0 Å². The average Bonchev–Trinajstić information content (AvgIpc) is 3.01. The van der Waals surface area contributed by atoms with Crippen molar-refractivity contribution in [2.24, 2.45) is 34.1 Å². The average molecular weight is 422 g/mol. The van der Waals surface area contributed by atoms with Gasteiger partial charge in [-0.25, -0.2) is 0 Å². The van der Waals surface area contributed by atoms with Gasteiger partial charge in [0.05, 0.1) is 6.04 Å². The predicted octanol–water partition coefficient (Wildman–Crippen LogP) is -0.565. The molecule has 5 atom stereocenters. The van der Waals surface area contributed by atoms with Crippen molar-refractivity contribution in [3.05, 3.63) is 0 Å². The van der Waals surface area contributed by atoms with Gasteiger partial charge < -0.3 is 26.6 Å². The van der Waals surface area contributed by atoms with E-state index < -0.39 is 35.4 Å². The molecule has 2 saturated heterocycles. The van der Waals surface area contributed by atoms with Gasteiger partial charge in [0.15, 0.2) is 0 Å². The third-order valence-electron chi connectivity index (χ3n) is 7.19. The molecule has 30 heavy (non-hydrogen) atoms. The predicted molar refractivity (Wildman–Crippen MR) is 111 cm³/mol. The van der Waals surface area contributed by atoms with Gasteiger partial charge >= 0.3 is 0 Å². The summed E-state index contributed by atoms with van der Waals surface area (Å²) in [4.78, 5) is 53.4. The fourth-order valence-electron chi connectivity index (χ4n) is 4.94. The lowest BCUT2D eigenvalue weighted by Crippen LogP contribution is -2.60. The van der Waals surface area contributed by atoms with Crippen molar-refractivity contribution in [2.75, 3.05) is 19.6 Å². The molecule has 1 saturated carbocycles. The molecule has 2 aliphatic heterocycles. The van der Waals surface area contributed by atoms with E-state index in [1.165, 1.54) is 0 Å². The third kappa shape index (κ3) is 3.91. The van der Waals surface area contributed by atoms with Gasteiger partial charge in [0.25, 0.3) is 0 Å². The maximum atomic E-state index is 13.3. The second-order valence-electron chi connectivity index (χ2n) is 10.6. The molecular formula is C21H35N5O4. The Balaban J connectivity index is 1.77. The molecule has 4 amide bonds. The molecule has 0 spiro atoms. The fourth-order valence-corrected chi connectivity index (χ4v) is 4.94. The van der Waals surface area contributed by atoms with Crippen LogP contribution in [0.3, 0.4) is 0 Å². The van der Waals surface area contributed by atoms with E-state index in [2.05, 4.69) is 19.2 Å². The molecular weight excluding hydrogens is 386 g/mol. The second kappa shape index (κ2) is 7.51. The quantitative estimate of drug-likeness (QED) is 0.527. The minimum Gasteiger partial charge on any atom is -0.368 e. The Morgan fingerprint density at radius 3 is 2.40 bits per heavy atom. The molecule has 3 aliphatic rings. The standard InChI is InChI=1S/C21H35N5O4/c1-20(2,3)16(22)19(30)26-9-11-14(21(11,4)5)15(26)18(29)24-12(17(23)28)10-25-8-6-7-13(25)27/h11-12,14-16H,6-10,22H2,1-5H3,(H2,23,28)(H,24,29)/t11-,12?,14-,15-,16?/m0/s1. The summed E-state index contributed by atoms with van der Waals surface area (Å²) in [7, 11) is 0. The smallest absolute Gasteiger partial charge is 0.243 e. The van der Waals surface area contributed by atoms with Crippen molar-refractivity contribution < 1.29 is 19.2 Å². The Hall–Kier alpha value is -2.16. The first-order valence-corrected chi connectivity index (χ1v) is 10.7. The molecule has 0 radical (unpaired) electrons. The van der Waals surface area contributed by atoms with Gasteiger partial charge in [-0.2, -0.15) is 0 Å². The van der Waals surface area contributed by atoms with Crippen LogP contribution in [0.5, 0.6) is 0 Å². The van der Waals surface area contributed by atoms with Gasteiger partial charge in [-0.3, -0.25) is 19.2 Å². The zero-order valence-electron chi connectivity index (χ0n) is 18.6. The summed E-state index contributed by atoms with van der Waals surface area (Å²) in [5.41, 5.74) is 11.2. The van der Waals surface area contributed by atoms with Gasteiger partial charge in [0.2, 0.25) is 23.6 Å². The van der Waals surface area contributed by atoms with Crippen LogP contribution in [0.25, 0.3) is 0 Å². The van der Waals surface area contributed by atoms with Crippen molar-refractivity contribution in [1.29, 1.82) is 0 Å². The molecule has 1 aliphatic carbocycles. The van der Waals surface area contributed by atoms with Crippen LogP contribution in [-0.2, 0) is 19.2 Å². The van der Waals surface area contributed by atoms with Crippen molar-refractivity contribution >= 4 is 23.6 Å². The number of hydrogen-bond donors (Lipinski definition) is 3. The van der Waals surface area contributed by atoms with E-state index in [-0.39, 0.29) is 35.6 Å². The Morgan fingerprint density at radius 2 is 1.90 bits per heavy atom. The summed E-state index contributed by atoms with van der Waals surface area (Å²) < 4.78 is 0. The third-order valence-corrected chi connectivity index (χ3v) is 7.19. The van der Waals surface area contributed by atoms with Crippen LogP contribution in [0.4, 0.5) is 0 Å². The maximum Gasteiger partial charge on any atom is 0.243 e. The number of likely N-dealkylation sites (tertiary alicyclic amines) is 2. The van der Waals surface area contributed by atoms with Gasteiger partial charge in [-0.1, -0.05) is 34.6 Å². The van der Waals surface area contributed by atoms with E-state index in [0.29, 0.717) is 19.5 Å². The number of nitrogens with zero attached hydrogens (tertiary/aromatic N) is 2. The number of rotatable bonds is 6. The number of carbonyl (C=O) groups is 4. The number of nitrogens with one attached hydrogen (secondary N) is 1. The van der Waals surface area contributed by atoms with Gasteiger partial charge in [0, 0.05) is 26.1 Å². The van der Waals surface area contributed by atoms with E-state index in [9.17, 15) is 19.2 Å². The molecule has 9 nitrogen and oxygen atoms in total. The molecule has 168 valence electrons. The van der Waals surface area contributed by atoms with E-state index in [0.717, 1.165) is 6.42 Å². The van der Waals surface area contributed by atoms with Crippen molar-refractivity contribution in [3.63, 3.8) is 0 Å². The first kappa shape index (κ1) is 22.5. The molecule has 5 N–H and O–H groups in total. The Bertz CT molecular complexity index is 759. The summed E-state index contributed by atoms with van der Waals surface area (Å²) >= 11 is 0. The first-order valence-electron chi connectivity index (χ1n) is 10.7. The number of hydrogen-bond acceptors (Lipinski definition) is 5. The van der Waals surface area contributed by atoms with E-state index in [1.807, 2.05) is 20.8 Å². The van der Waals surface area contributed by atoms with E-state index in [4.69, 9.17) is 11.5 Å². The first-order chi connectivity index (χ1) is 13.8. The fraction of sp³-hybridized carbons (Fsp3) is 0.810. The monoisotopic (exact) mass is 421 g/mol. The zero-order valence-corrected chi connectivity index (χ0v) is 18.6. The molecule has 0 bridgehead atoms. The molecule has 2 heterocycles. The Morgan fingerprint density at radius 1 is 1.27 bits per heavy atom. The van der Waals surface area contributed by atoms with Gasteiger partial charge in [-0.15, -0.1) is 0 Å². The summed E-state index contributed by atoms with van der Waals surface area (Å²) in [6.07, 6.45) is 1.17. The molecule has 3 rings (SSSR count). The molecule has 0 aromatic heterocycles. The second-order valence-corrected chi connectivity index (χ2v) is 10.6. The van der Waals surface area contributed by atoms with Crippen molar-refractivity contribution in [1.82, 2.24) is 15.1 Å². The Labute approximate surface area is 177 Å². The van der Waals surface area contributed by atoms with Gasteiger partial charge in [0.1, 0.15) is 12.1 Å². The number of amides is 4. The van der Waals surface area contributed by atoms with Crippen molar-refractivity contribution in [3.8, 4) is 0 Å². The van der Waals surface area contributed by atoms with Crippen LogP contribution in [0.15, 0.2) is 0 Å². The number of primary amides is 1. The lowest BCUT2D eigenvalue weighted by atomic mass is 9.86. The van der Waals surface area contributed by atoms with Crippen LogP contribution in [0.2, 0.25) is 0 Å². The number of fused-ring (bicyclic) bond motifs is 1.